The van der Waals surface area contributed by atoms with Gasteiger partial charge in [-0.3, -0.25) is 4.90 Å². The maximum atomic E-state index is 10.4. The van der Waals surface area contributed by atoms with Gasteiger partial charge >= 0.3 is 0 Å². The highest BCUT2D eigenvalue weighted by molar-refractivity contribution is 5.54. The summed E-state index contributed by atoms with van der Waals surface area (Å²) in [7, 11) is 2.13. The minimum Gasteiger partial charge on any atom is -0.390 e. The quantitative estimate of drug-likeness (QED) is 0.809. The Bertz CT molecular complexity index is 535. The molecule has 0 radical (unpaired) electrons. The second-order valence-corrected chi connectivity index (χ2v) is 5.87. The van der Waals surface area contributed by atoms with E-state index >= 15 is 0 Å². The highest BCUT2D eigenvalue weighted by atomic mass is 16.3. The first kappa shape index (κ1) is 14.3. The maximum absolute atomic E-state index is 10.4. The van der Waals surface area contributed by atoms with Gasteiger partial charge in [0.1, 0.15) is 11.9 Å². The van der Waals surface area contributed by atoms with Crippen LogP contribution in [0.5, 0.6) is 0 Å². The zero-order valence-electron chi connectivity index (χ0n) is 12.3. The van der Waals surface area contributed by atoms with Crippen molar-refractivity contribution in [2.45, 2.75) is 12.1 Å². The molecule has 21 heavy (non-hydrogen) atoms. The summed E-state index contributed by atoms with van der Waals surface area (Å²) in [6.45, 7) is 5.32. The van der Waals surface area contributed by atoms with Crippen molar-refractivity contribution in [3.8, 4) is 6.07 Å². The predicted molar refractivity (Wildman–Crippen MR) is 80.0 cm³/mol. The number of aromatic nitrogens is 1. The zero-order chi connectivity index (χ0) is 14.8. The van der Waals surface area contributed by atoms with E-state index in [1.165, 1.54) is 0 Å². The third-order valence-corrected chi connectivity index (χ3v) is 4.47. The molecule has 0 spiro atoms. The van der Waals surface area contributed by atoms with Crippen LogP contribution in [-0.4, -0.2) is 78.4 Å². The molecule has 1 N–H and O–H groups in total. The number of aliphatic hydroxyl groups is 1. The number of rotatable bonds is 2. The predicted octanol–water partition coefficient (Wildman–Crippen LogP) is -0.250. The molecule has 3 rings (SSSR count). The van der Waals surface area contributed by atoms with Gasteiger partial charge < -0.3 is 14.9 Å². The standard InChI is InChI=1S/C15H21N5O/c1-18-5-7-19(8-6-18)13-10-20(11-14(13)21)15-12(9-16)3-2-4-17-15/h2-4,13-14,21H,5-8,10-11H2,1H3/t13-,14-/m0/s1. The smallest absolute Gasteiger partial charge is 0.146 e. The van der Waals surface area contributed by atoms with E-state index in [4.69, 9.17) is 0 Å². The lowest BCUT2D eigenvalue weighted by atomic mass is 10.1. The largest absolute Gasteiger partial charge is 0.390 e. The van der Waals surface area contributed by atoms with E-state index in [0.717, 1.165) is 32.7 Å². The van der Waals surface area contributed by atoms with E-state index in [1.807, 2.05) is 4.90 Å². The Kier molecular flexibility index (Phi) is 4.06. The number of anilines is 1. The molecule has 0 bridgehead atoms. The van der Waals surface area contributed by atoms with Crippen LogP contribution in [0.1, 0.15) is 5.56 Å². The molecule has 2 aliphatic heterocycles. The third kappa shape index (κ3) is 2.86. The Balaban J connectivity index is 1.73. The van der Waals surface area contributed by atoms with Crippen molar-refractivity contribution >= 4 is 5.82 Å². The summed E-state index contributed by atoms with van der Waals surface area (Å²) in [4.78, 5) is 11.0. The molecule has 2 aliphatic rings. The number of hydrogen-bond donors (Lipinski definition) is 1. The van der Waals surface area contributed by atoms with Crippen LogP contribution in [0.4, 0.5) is 5.82 Å². The fourth-order valence-electron chi connectivity index (χ4n) is 3.19. The molecule has 0 saturated carbocycles. The Morgan fingerprint density at radius 2 is 2.05 bits per heavy atom. The van der Waals surface area contributed by atoms with Gasteiger partial charge in [-0.2, -0.15) is 5.26 Å². The number of piperazine rings is 1. The van der Waals surface area contributed by atoms with Crippen LogP contribution < -0.4 is 4.90 Å². The first-order valence-electron chi connectivity index (χ1n) is 7.40. The van der Waals surface area contributed by atoms with Crippen LogP contribution in [0.3, 0.4) is 0 Å². The van der Waals surface area contributed by atoms with E-state index in [2.05, 4.69) is 27.9 Å². The van der Waals surface area contributed by atoms with Gasteiger partial charge in [0.25, 0.3) is 0 Å². The minimum absolute atomic E-state index is 0.132. The fraction of sp³-hybridized carbons (Fsp3) is 0.600. The van der Waals surface area contributed by atoms with Crippen molar-refractivity contribution in [1.82, 2.24) is 14.8 Å². The third-order valence-electron chi connectivity index (χ3n) is 4.47. The summed E-state index contributed by atoms with van der Waals surface area (Å²) < 4.78 is 0. The number of hydrogen-bond acceptors (Lipinski definition) is 6. The summed E-state index contributed by atoms with van der Waals surface area (Å²) in [5, 5.41) is 19.6. The number of aliphatic hydroxyl groups excluding tert-OH is 1. The van der Waals surface area contributed by atoms with Gasteiger partial charge in [-0.25, -0.2) is 4.98 Å². The lowest BCUT2D eigenvalue weighted by Gasteiger charge is -2.37. The van der Waals surface area contributed by atoms with Crippen molar-refractivity contribution in [1.29, 1.82) is 5.26 Å². The summed E-state index contributed by atoms with van der Waals surface area (Å²) >= 11 is 0. The summed E-state index contributed by atoms with van der Waals surface area (Å²) in [5.74, 6) is 0.690. The molecule has 1 aromatic heterocycles. The SMILES string of the molecule is CN1CCN([C@H]2CN(c3ncccc3C#N)C[C@@H]2O)CC1. The van der Waals surface area contributed by atoms with Crippen molar-refractivity contribution < 1.29 is 5.11 Å². The van der Waals surface area contributed by atoms with Gasteiger partial charge in [0.05, 0.1) is 17.7 Å². The van der Waals surface area contributed by atoms with Gasteiger partial charge in [0, 0.05) is 45.5 Å². The van der Waals surface area contributed by atoms with Crippen molar-refractivity contribution in [2.24, 2.45) is 0 Å². The van der Waals surface area contributed by atoms with Crippen LogP contribution in [0.2, 0.25) is 0 Å². The van der Waals surface area contributed by atoms with Crippen LogP contribution in [-0.2, 0) is 0 Å². The van der Waals surface area contributed by atoms with Gasteiger partial charge in [0.15, 0.2) is 0 Å². The van der Waals surface area contributed by atoms with E-state index in [-0.39, 0.29) is 12.1 Å². The number of likely N-dealkylation sites (N-methyl/N-ethyl adjacent to an activating group) is 1. The average Bonchev–Trinajstić information content (AvgIpc) is 2.90. The number of β-amino-alcohol motifs (C(OH)–C–C–N with tert-alkyl or cyclic N) is 1. The van der Waals surface area contributed by atoms with Crippen LogP contribution in [0.25, 0.3) is 0 Å². The number of pyridine rings is 1. The monoisotopic (exact) mass is 287 g/mol. The van der Waals surface area contributed by atoms with Crippen molar-refractivity contribution in [2.75, 3.05) is 51.2 Å². The van der Waals surface area contributed by atoms with E-state index in [1.54, 1.807) is 18.3 Å². The Hall–Kier alpha value is -1.68. The van der Waals surface area contributed by atoms with Crippen LogP contribution in [0.15, 0.2) is 18.3 Å². The summed E-state index contributed by atoms with van der Waals surface area (Å²) in [6.07, 6.45) is 1.31. The Morgan fingerprint density at radius 3 is 2.76 bits per heavy atom. The number of nitrogens with zero attached hydrogens (tertiary/aromatic N) is 5. The summed E-state index contributed by atoms with van der Waals surface area (Å²) in [5.41, 5.74) is 0.573. The molecule has 3 heterocycles. The van der Waals surface area contributed by atoms with Gasteiger partial charge in [-0.15, -0.1) is 0 Å². The molecule has 0 aliphatic carbocycles. The van der Waals surface area contributed by atoms with Gasteiger partial charge in [0.2, 0.25) is 0 Å². The molecule has 2 saturated heterocycles. The van der Waals surface area contributed by atoms with E-state index < -0.39 is 0 Å². The molecule has 2 atom stereocenters. The van der Waals surface area contributed by atoms with E-state index in [9.17, 15) is 10.4 Å². The molecule has 0 aromatic carbocycles. The fourth-order valence-corrected chi connectivity index (χ4v) is 3.19. The van der Waals surface area contributed by atoms with Crippen LogP contribution in [0, 0.1) is 11.3 Å². The highest BCUT2D eigenvalue weighted by Gasteiger charge is 2.37. The molecule has 0 unspecified atom stereocenters. The van der Waals surface area contributed by atoms with Crippen LogP contribution >= 0.6 is 0 Å². The molecule has 6 nitrogen and oxygen atoms in total. The molecular formula is C15H21N5O. The summed E-state index contributed by atoms with van der Waals surface area (Å²) in [6, 6.07) is 5.86. The lowest BCUT2D eigenvalue weighted by molar-refractivity contribution is 0.0512. The second-order valence-electron chi connectivity index (χ2n) is 5.87. The van der Waals surface area contributed by atoms with Crippen molar-refractivity contribution in [3.63, 3.8) is 0 Å². The Labute approximate surface area is 125 Å². The molecular weight excluding hydrogens is 266 g/mol. The van der Waals surface area contributed by atoms with Gasteiger partial charge in [-0.1, -0.05) is 0 Å². The molecule has 2 fully saturated rings. The normalized spacial score (nSPS) is 27.8. The first-order valence-corrected chi connectivity index (χ1v) is 7.40. The number of nitriles is 1. The van der Waals surface area contributed by atoms with Crippen molar-refractivity contribution in [3.05, 3.63) is 23.9 Å². The maximum Gasteiger partial charge on any atom is 0.146 e. The molecule has 1 aromatic rings. The molecule has 112 valence electrons. The average molecular weight is 287 g/mol. The first-order chi connectivity index (χ1) is 10.2. The minimum atomic E-state index is -0.387. The van der Waals surface area contributed by atoms with Gasteiger partial charge in [-0.05, 0) is 19.2 Å². The molecule has 6 heteroatoms. The second kappa shape index (κ2) is 5.98. The zero-order valence-corrected chi connectivity index (χ0v) is 12.3. The lowest BCUT2D eigenvalue weighted by Crippen LogP contribution is -2.52. The highest BCUT2D eigenvalue weighted by Crippen LogP contribution is 2.24. The van der Waals surface area contributed by atoms with E-state index in [0.29, 0.717) is 17.9 Å². The topological polar surface area (TPSA) is 66.6 Å². The molecule has 0 amide bonds. The Morgan fingerprint density at radius 1 is 1.29 bits per heavy atom.